The Balaban J connectivity index is 4.10. The summed E-state index contributed by atoms with van der Waals surface area (Å²) in [7, 11) is 4.80. The molecule has 0 aliphatic heterocycles. The minimum Gasteiger partial charge on any atom is -0.255 e. The van der Waals surface area contributed by atoms with Crippen molar-refractivity contribution < 1.29 is 0 Å². The fourth-order valence-corrected chi connectivity index (χ4v) is 19.6. The van der Waals surface area contributed by atoms with Gasteiger partial charge >= 0.3 is 26.0 Å². The normalized spacial score (nSPS) is 12.0. The van der Waals surface area contributed by atoms with E-state index in [2.05, 4.69) is 75.6 Å². The fourth-order valence-electron chi connectivity index (χ4n) is 3.00. The highest BCUT2D eigenvalue weighted by molar-refractivity contribution is 8.28. The molecule has 0 unspecified atom stereocenters. The molecule has 0 saturated carbocycles. The maximum absolute atomic E-state index is 2.41. The Kier molecular flexibility index (Phi) is 15.1. The van der Waals surface area contributed by atoms with E-state index >= 15 is 0 Å². The van der Waals surface area contributed by atoms with Crippen LogP contribution < -0.4 is 0 Å². The molecule has 0 aromatic carbocycles. The Morgan fingerprint density at radius 3 is 0.909 bits per heavy atom. The van der Waals surface area contributed by atoms with Gasteiger partial charge in [-0.2, -0.15) is 0 Å². The van der Waals surface area contributed by atoms with Crippen molar-refractivity contribution in [2.24, 2.45) is 23.7 Å². The summed E-state index contributed by atoms with van der Waals surface area (Å²) in [4.78, 5) is 0. The van der Waals surface area contributed by atoms with Crippen LogP contribution in [0, 0.1) is 23.7 Å². The summed E-state index contributed by atoms with van der Waals surface area (Å²) in [5.41, 5.74) is 0. The van der Waals surface area contributed by atoms with E-state index in [1.54, 1.807) is 0 Å². The number of hydrogen-bond donors (Lipinski definition) is 0. The third kappa shape index (κ3) is 15.3. The maximum Gasteiger partial charge on any atom is 0.349 e. The van der Waals surface area contributed by atoms with E-state index in [9.17, 15) is 0 Å². The van der Waals surface area contributed by atoms with Gasteiger partial charge in [0.25, 0.3) is 0 Å². The van der Waals surface area contributed by atoms with Crippen LogP contribution in [-0.4, -0.2) is 37.5 Å². The van der Waals surface area contributed by atoms with Crippen LogP contribution in [-0.2, 0) is 0 Å². The molecule has 0 fully saturated rings. The average molecular weight is 375 g/mol. The van der Waals surface area contributed by atoms with Crippen LogP contribution in [0.4, 0.5) is 0 Å². The highest BCUT2D eigenvalue weighted by atomic mass is 32.3. The van der Waals surface area contributed by atoms with Crippen LogP contribution in [0.25, 0.3) is 0 Å². The van der Waals surface area contributed by atoms with Crippen molar-refractivity contribution in [3.8, 4) is 0 Å². The highest BCUT2D eigenvalue weighted by Gasteiger charge is 2.23. The fraction of sp³-hybridized carbons (Fsp3) is 1.00. The molecule has 0 N–H and O–H groups in total. The van der Waals surface area contributed by atoms with Crippen molar-refractivity contribution >= 4 is 46.3 Å². The van der Waals surface area contributed by atoms with Gasteiger partial charge in [-0.25, -0.2) is 0 Å². The second kappa shape index (κ2) is 14.0. The van der Waals surface area contributed by atoms with E-state index in [0.717, 1.165) is 23.7 Å². The topological polar surface area (TPSA) is 0 Å². The van der Waals surface area contributed by atoms with Gasteiger partial charge in [0.2, 0.25) is 0 Å². The zero-order valence-electron chi connectivity index (χ0n) is 16.5. The summed E-state index contributed by atoms with van der Waals surface area (Å²) in [6, 6.07) is 0. The first kappa shape index (κ1) is 23.8. The van der Waals surface area contributed by atoms with E-state index in [0.29, 0.717) is 0 Å². The molecule has 0 spiro atoms. The lowest BCUT2D eigenvalue weighted by atomic mass is 10.3. The molecule has 4 heteroatoms. The van der Waals surface area contributed by atoms with Crippen molar-refractivity contribution in [3.63, 3.8) is 0 Å². The maximum atomic E-state index is 2.41. The molecule has 0 atom stereocenters. The molecule has 0 rings (SSSR count). The van der Waals surface area contributed by atoms with Crippen LogP contribution in [0.2, 0.25) is 21.1 Å². The van der Waals surface area contributed by atoms with E-state index in [-0.39, 0.29) is 0 Å². The summed E-state index contributed by atoms with van der Waals surface area (Å²) in [6.07, 6.45) is 0. The molecule has 0 aromatic heterocycles. The molecule has 0 saturated heterocycles. The van der Waals surface area contributed by atoms with Crippen molar-refractivity contribution in [3.05, 3.63) is 0 Å². The van der Waals surface area contributed by atoms with Crippen molar-refractivity contribution in [1.82, 2.24) is 0 Å². The molecule has 0 aliphatic carbocycles. The zero-order valence-corrected chi connectivity index (χ0v) is 20.5. The van der Waals surface area contributed by atoms with Gasteiger partial charge in [-0.1, -0.05) is 100 Å². The number of hydrogen-bond acceptors (Lipinski definition) is 2. The predicted octanol–water partition coefficient (Wildman–Crippen LogP) is 7.06. The third-order valence-electron chi connectivity index (χ3n) is 3.73. The molecular weight excluding hydrogens is 334 g/mol. The molecular formula is C18H40Al2S2. The Hall–Kier alpha value is 1.76. The van der Waals surface area contributed by atoms with Crippen LogP contribution in [0.5, 0.6) is 0 Å². The molecule has 0 radical (unpaired) electrons. The minimum absolute atomic E-state index is 0.551. The summed E-state index contributed by atoms with van der Waals surface area (Å²) in [6.45, 7) is 19.3. The van der Waals surface area contributed by atoms with Crippen molar-refractivity contribution in [1.29, 1.82) is 0 Å². The quantitative estimate of drug-likeness (QED) is 0.250. The summed E-state index contributed by atoms with van der Waals surface area (Å²) < 4.78 is 0. The monoisotopic (exact) mass is 374 g/mol. The van der Waals surface area contributed by atoms with Crippen LogP contribution >= 0.6 is 20.3 Å². The second-order valence-electron chi connectivity index (χ2n) is 8.50. The molecule has 0 aliphatic rings. The Morgan fingerprint density at radius 1 is 0.500 bits per heavy atom. The summed E-state index contributed by atoms with van der Waals surface area (Å²) in [5, 5.41) is 6.14. The van der Waals surface area contributed by atoms with Crippen LogP contribution in [0.1, 0.15) is 55.4 Å². The molecule has 0 heterocycles. The van der Waals surface area contributed by atoms with E-state index in [1.807, 2.05) is 0 Å². The lowest BCUT2D eigenvalue weighted by molar-refractivity contribution is 0.697. The lowest BCUT2D eigenvalue weighted by Gasteiger charge is -2.18. The molecule has 0 bridgehead atoms. The molecule has 0 aromatic rings. The molecule has 22 heavy (non-hydrogen) atoms. The largest absolute Gasteiger partial charge is 0.349 e. The third-order valence-corrected chi connectivity index (χ3v) is 18.2. The van der Waals surface area contributed by atoms with E-state index in [4.69, 9.17) is 0 Å². The van der Waals surface area contributed by atoms with Gasteiger partial charge in [0.15, 0.2) is 0 Å². The number of rotatable bonds is 13. The van der Waals surface area contributed by atoms with Crippen LogP contribution in [0.3, 0.4) is 0 Å². The Labute approximate surface area is 157 Å². The first-order valence-electron chi connectivity index (χ1n) is 9.43. The highest BCUT2D eigenvalue weighted by Crippen LogP contribution is 2.27. The van der Waals surface area contributed by atoms with Gasteiger partial charge in [0, 0.05) is 0 Å². The van der Waals surface area contributed by atoms with Crippen LogP contribution in [0.15, 0.2) is 0 Å². The summed E-state index contributed by atoms with van der Waals surface area (Å²) in [5.74, 6) is 6.47. The SMILES string of the molecule is CC(C)[CH2][Al]([CH2]C(C)C)[S]CC[S][Al]([CH2]C(C)C)[CH2]C(C)C. The van der Waals surface area contributed by atoms with Gasteiger partial charge in [-0.3, -0.25) is 20.3 Å². The molecule has 0 amide bonds. The average Bonchev–Trinajstić information content (AvgIpc) is 2.31. The van der Waals surface area contributed by atoms with E-state index in [1.165, 1.54) is 32.6 Å². The Morgan fingerprint density at radius 2 is 0.727 bits per heavy atom. The van der Waals surface area contributed by atoms with Crippen molar-refractivity contribution in [2.45, 2.75) is 76.5 Å². The minimum atomic E-state index is -0.551. The predicted molar refractivity (Wildman–Crippen MR) is 115 cm³/mol. The Bertz CT molecular complexity index is 209. The summed E-state index contributed by atoms with van der Waals surface area (Å²) >= 11 is -1.10. The lowest BCUT2D eigenvalue weighted by Crippen LogP contribution is -2.17. The van der Waals surface area contributed by atoms with Gasteiger partial charge in [-0.05, 0) is 11.5 Å². The zero-order chi connectivity index (χ0) is 17.1. The standard InChI is InChI=1S/4C4H9.C2H6S2.2Al/c4*1-4(2)3;3-1-2-4;;/h4*4H,1H2,2-3H3;3-4H,1-2H2;;/q;;;;;2*+1/p-2. The van der Waals surface area contributed by atoms with Crippen molar-refractivity contribution in [2.75, 3.05) is 11.5 Å². The van der Waals surface area contributed by atoms with Gasteiger partial charge in [-0.15, -0.1) is 0 Å². The molecule has 130 valence electrons. The van der Waals surface area contributed by atoms with Gasteiger partial charge < -0.3 is 0 Å². The smallest absolute Gasteiger partial charge is 0.255 e. The van der Waals surface area contributed by atoms with Gasteiger partial charge in [0.1, 0.15) is 0 Å². The van der Waals surface area contributed by atoms with E-state index < -0.39 is 26.0 Å². The van der Waals surface area contributed by atoms with Gasteiger partial charge in [0.05, 0.1) is 0 Å². The first-order chi connectivity index (χ1) is 10.2. The second-order valence-corrected chi connectivity index (χ2v) is 20.4. The molecule has 0 nitrogen and oxygen atoms in total. The first-order valence-corrected chi connectivity index (χ1v) is 17.6.